The molecule has 0 spiro atoms. The standard InChI is InChI=1S/C17H22BrN5O.ClH/c1-17(4-5-17)16(24)22-12-8-21-15-13(12)14(11(18)7-20-15)23-6-2-3-10(19)9-23;/h7-8,10H,2-6,9,19H2,1H3,(H,20,21)(H,22,24);1H. The number of carbonyl (C=O) groups excluding carboxylic acids is 1. The van der Waals surface area contributed by atoms with Gasteiger partial charge in [0, 0.05) is 36.9 Å². The van der Waals surface area contributed by atoms with E-state index >= 15 is 0 Å². The topological polar surface area (TPSA) is 87.0 Å². The molecule has 0 aromatic carbocycles. The van der Waals surface area contributed by atoms with E-state index in [0.717, 1.165) is 65.7 Å². The second-order valence-electron chi connectivity index (χ2n) is 7.24. The van der Waals surface area contributed by atoms with Crippen molar-refractivity contribution in [2.45, 2.75) is 38.6 Å². The Balaban J connectivity index is 0.00000182. The Morgan fingerprint density at radius 3 is 2.96 bits per heavy atom. The number of halogens is 2. The molecule has 1 aliphatic heterocycles. The highest BCUT2D eigenvalue weighted by Crippen LogP contribution is 2.46. The molecular formula is C17H23BrClN5O. The van der Waals surface area contributed by atoms with Gasteiger partial charge in [-0.1, -0.05) is 6.92 Å². The SMILES string of the molecule is CC1(C(=O)Nc2c[nH]c3ncc(Br)c(N4CCCC(N)C4)c23)CC1.Cl. The van der Waals surface area contributed by atoms with Crippen LogP contribution in [0.4, 0.5) is 11.4 Å². The number of pyridine rings is 1. The average molecular weight is 429 g/mol. The highest BCUT2D eigenvalue weighted by molar-refractivity contribution is 9.10. The number of aromatic nitrogens is 2. The lowest BCUT2D eigenvalue weighted by Gasteiger charge is -2.33. The van der Waals surface area contributed by atoms with Gasteiger partial charge in [-0.05, 0) is 41.6 Å². The van der Waals surface area contributed by atoms with Crippen LogP contribution in [0.5, 0.6) is 0 Å². The van der Waals surface area contributed by atoms with E-state index in [9.17, 15) is 4.79 Å². The third kappa shape index (κ3) is 3.37. The molecule has 8 heteroatoms. The van der Waals surface area contributed by atoms with E-state index in [1.54, 1.807) is 0 Å². The average Bonchev–Trinajstić information content (AvgIpc) is 3.19. The smallest absolute Gasteiger partial charge is 0.230 e. The molecule has 2 aromatic rings. The number of hydrogen-bond donors (Lipinski definition) is 3. The zero-order valence-corrected chi connectivity index (χ0v) is 16.5. The maximum atomic E-state index is 12.5. The first-order chi connectivity index (χ1) is 11.5. The molecule has 1 saturated heterocycles. The Morgan fingerprint density at radius 2 is 2.28 bits per heavy atom. The van der Waals surface area contributed by atoms with Crippen LogP contribution in [0, 0.1) is 5.41 Å². The maximum absolute atomic E-state index is 12.5. The Labute approximate surface area is 161 Å². The van der Waals surface area contributed by atoms with Crippen molar-refractivity contribution in [1.29, 1.82) is 0 Å². The van der Waals surface area contributed by atoms with E-state index in [0.29, 0.717) is 0 Å². The lowest BCUT2D eigenvalue weighted by Crippen LogP contribution is -2.43. The molecule has 2 fully saturated rings. The molecule has 1 amide bonds. The summed E-state index contributed by atoms with van der Waals surface area (Å²) in [5, 5.41) is 4.05. The van der Waals surface area contributed by atoms with Crippen molar-refractivity contribution in [3.63, 3.8) is 0 Å². The van der Waals surface area contributed by atoms with Gasteiger partial charge >= 0.3 is 0 Å². The normalized spacial score (nSPS) is 21.7. The van der Waals surface area contributed by atoms with Gasteiger partial charge in [0.1, 0.15) is 5.65 Å². The Hall–Kier alpha value is -1.31. The van der Waals surface area contributed by atoms with Crippen LogP contribution in [0.15, 0.2) is 16.9 Å². The molecule has 2 aliphatic rings. The Morgan fingerprint density at radius 1 is 1.52 bits per heavy atom. The fourth-order valence-corrected chi connectivity index (χ4v) is 3.92. The summed E-state index contributed by atoms with van der Waals surface area (Å²) in [4.78, 5) is 22.4. The van der Waals surface area contributed by atoms with Gasteiger partial charge < -0.3 is 20.9 Å². The number of amides is 1. The predicted octanol–water partition coefficient (Wildman–Crippen LogP) is 3.41. The van der Waals surface area contributed by atoms with Crippen molar-refractivity contribution < 1.29 is 4.79 Å². The van der Waals surface area contributed by atoms with E-state index in [1.165, 1.54) is 0 Å². The van der Waals surface area contributed by atoms with Gasteiger partial charge in [0.25, 0.3) is 0 Å². The van der Waals surface area contributed by atoms with Gasteiger partial charge in [0.05, 0.1) is 21.2 Å². The molecule has 0 bridgehead atoms. The number of anilines is 2. The lowest BCUT2D eigenvalue weighted by atomic mass is 10.1. The van der Waals surface area contributed by atoms with Crippen LogP contribution in [0.3, 0.4) is 0 Å². The molecule has 2 aromatic heterocycles. The van der Waals surface area contributed by atoms with Gasteiger partial charge in [-0.15, -0.1) is 12.4 Å². The highest BCUT2D eigenvalue weighted by Gasteiger charge is 2.45. The zero-order chi connectivity index (χ0) is 16.9. The summed E-state index contributed by atoms with van der Waals surface area (Å²) in [6, 6.07) is 0.177. The van der Waals surface area contributed by atoms with E-state index in [2.05, 4.69) is 36.1 Å². The van der Waals surface area contributed by atoms with Crippen molar-refractivity contribution >= 4 is 56.7 Å². The summed E-state index contributed by atoms with van der Waals surface area (Å²) >= 11 is 3.64. The van der Waals surface area contributed by atoms with Gasteiger partial charge in [-0.2, -0.15) is 0 Å². The van der Waals surface area contributed by atoms with Crippen LogP contribution in [0.2, 0.25) is 0 Å². The second-order valence-corrected chi connectivity index (χ2v) is 8.10. The Bertz CT molecular complexity index is 804. The van der Waals surface area contributed by atoms with Gasteiger partial charge in [-0.25, -0.2) is 4.98 Å². The third-order valence-corrected chi connectivity index (χ3v) is 5.78. The van der Waals surface area contributed by atoms with E-state index < -0.39 is 0 Å². The molecule has 1 aliphatic carbocycles. The number of nitrogens with zero attached hydrogens (tertiary/aromatic N) is 2. The van der Waals surface area contributed by atoms with Crippen molar-refractivity contribution in [2.24, 2.45) is 11.1 Å². The van der Waals surface area contributed by atoms with Crippen molar-refractivity contribution in [3.05, 3.63) is 16.9 Å². The van der Waals surface area contributed by atoms with Crippen LogP contribution in [0.1, 0.15) is 32.6 Å². The quantitative estimate of drug-likeness (QED) is 0.699. The minimum Gasteiger partial charge on any atom is -0.368 e. The molecular weight excluding hydrogens is 406 g/mol. The largest absolute Gasteiger partial charge is 0.368 e. The number of nitrogens with two attached hydrogens (primary N) is 1. The number of carbonyl (C=O) groups is 1. The summed E-state index contributed by atoms with van der Waals surface area (Å²) in [6.07, 6.45) is 7.68. The number of H-pyrrole nitrogens is 1. The number of rotatable bonds is 3. The summed E-state index contributed by atoms with van der Waals surface area (Å²) < 4.78 is 0.928. The molecule has 4 rings (SSSR count). The highest BCUT2D eigenvalue weighted by atomic mass is 79.9. The van der Waals surface area contributed by atoms with Gasteiger partial charge in [0.2, 0.25) is 5.91 Å². The molecule has 0 radical (unpaired) electrons. The molecule has 136 valence electrons. The van der Waals surface area contributed by atoms with Gasteiger partial charge in [-0.3, -0.25) is 4.79 Å². The monoisotopic (exact) mass is 427 g/mol. The maximum Gasteiger partial charge on any atom is 0.230 e. The number of fused-ring (bicyclic) bond motifs is 1. The fraction of sp³-hybridized carbons (Fsp3) is 0.529. The van der Waals surface area contributed by atoms with Crippen molar-refractivity contribution in [1.82, 2.24) is 9.97 Å². The van der Waals surface area contributed by atoms with Crippen LogP contribution in [-0.4, -0.2) is 35.0 Å². The third-order valence-electron chi connectivity index (χ3n) is 5.20. The van der Waals surface area contributed by atoms with Crippen molar-refractivity contribution in [3.8, 4) is 0 Å². The van der Waals surface area contributed by atoms with E-state index in [-0.39, 0.29) is 29.8 Å². The van der Waals surface area contributed by atoms with Crippen molar-refractivity contribution in [2.75, 3.05) is 23.3 Å². The molecule has 1 saturated carbocycles. The summed E-state index contributed by atoms with van der Waals surface area (Å²) in [5.74, 6) is 0.0877. The number of aromatic amines is 1. The molecule has 4 N–H and O–H groups in total. The number of hydrogen-bond acceptors (Lipinski definition) is 4. The molecule has 3 heterocycles. The minimum atomic E-state index is -0.212. The van der Waals surface area contributed by atoms with Crippen LogP contribution in [-0.2, 0) is 4.79 Å². The van der Waals surface area contributed by atoms with Gasteiger partial charge in [0.15, 0.2) is 0 Å². The molecule has 1 atom stereocenters. The summed E-state index contributed by atoms with van der Waals surface area (Å²) in [5.41, 5.74) is 8.60. The summed E-state index contributed by atoms with van der Waals surface area (Å²) in [6.45, 7) is 3.78. The molecule has 6 nitrogen and oxygen atoms in total. The number of piperidine rings is 1. The first kappa shape index (κ1) is 18.5. The minimum absolute atomic E-state index is 0. The van der Waals surface area contributed by atoms with Crippen LogP contribution < -0.4 is 16.0 Å². The zero-order valence-electron chi connectivity index (χ0n) is 14.1. The summed E-state index contributed by atoms with van der Waals surface area (Å²) in [7, 11) is 0. The van der Waals surface area contributed by atoms with E-state index in [4.69, 9.17) is 5.73 Å². The number of nitrogens with one attached hydrogen (secondary N) is 2. The first-order valence-electron chi connectivity index (χ1n) is 8.45. The van der Waals surface area contributed by atoms with Crippen LogP contribution in [0.25, 0.3) is 11.0 Å². The Kier molecular flexibility index (Phi) is 5.01. The first-order valence-corrected chi connectivity index (χ1v) is 9.25. The molecule has 1 unspecified atom stereocenters. The predicted molar refractivity (Wildman–Crippen MR) is 106 cm³/mol. The molecule has 25 heavy (non-hydrogen) atoms. The van der Waals surface area contributed by atoms with E-state index in [1.807, 2.05) is 19.3 Å². The lowest BCUT2D eigenvalue weighted by molar-refractivity contribution is -0.120. The fourth-order valence-electron chi connectivity index (χ4n) is 3.36. The second kappa shape index (κ2) is 6.78. The van der Waals surface area contributed by atoms with Crippen LogP contribution >= 0.6 is 28.3 Å².